The van der Waals surface area contributed by atoms with Gasteiger partial charge in [-0.3, -0.25) is 4.90 Å². The van der Waals surface area contributed by atoms with Crippen molar-refractivity contribution in [2.45, 2.75) is 6.10 Å². The molecular weight excluding hydrogens is 168 g/mol. The number of hydrogen-bond donors (Lipinski definition) is 1. The first-order valence-electron chi connectivity index (χ1n) is 5.07. The Bertz CT molecular complexity index is 127. The maximum absolute atomic E-state index is 5.59. The van der Waals surface area contributed by atoms with Gasteiger partial charge in [0.15, 0.2) is 0 Å². The van der Waals surface area contributed by atoms with E-state index in [0.29, 0.717) is 6.10 Å². The van der Waals surface area contributed by atoms with Crippen molar-refractivity contribution < 1.29 is 9.47 Å². The molecule has 2 saturated heterocycles. The van der Waals surface area contributed by atoms with Crippen LogP contribution in [0.3, 0.4) is 0 Å². The molecule has 2 aliphatic heterocycles. The van der Waals surface area contributed by atoms with Gasteiger partial charge >= 0.3 is 0 Å². The molecule has 2 aliphatic rings. The lowest BCUT2D eigenvalue weighted by Crippen LogP contribution is -2.48. The Morgan fingerprint density at radius 3 is 2.77 bits per heavy atom. The Morgan fingerprint density at radius 2 is 2.08 bits per heavy atom. The molecule has 1 N–H and O–H groups in total. The fourth-order valence-corrected chi connectivity index (χ4v) is 1.82. The van der Waals surface area contributed by atoms with Crippen molar-refractivity contribution in [1.82, 2.24) is 10.2 Å². The second-order valence-corrected chi connectivity index (χ2v) is 3.62. The fraction of sp³-hybridized carbons (Fsp3) is 1.00. The molecule has 4 nitrogen and oxygen atoms in total. The van der Waals surface area contributed by atoms with Crippen LogP contribution in [0.5, 0.6) is 0 Å². The summed E-state index contributed by atoms with van der Waals surface area (Å²) in [6, 6.07) is 0. The van der Waals surface area contributed by atoms with Gasteiger partial charge in [-0.15, -0.1) is 0 Å². The average molecular weight is 186 g/mol. The summed E-state index contributed by atoms with van der Waals surface area (Å²) in [4.78, 5) is 2.44. The van der Waals surface area contributed by atoms with Crippen molar-refractivity contribution in [3.8, 4) is 0 Å². The molecule has 76 valence electrons. The van der Waals surface area contributed by atoms with E-state index < -0.39 is 0 Å². The lowest BCUT2D eigenvalue weighted by Gasteiger charge is -2.32. The van der Waals surface area contributed by atoms with Gasteiger partial charge in [-0.05, 0) is 0 Å². The van der Waals surface area contributed by atoms with Gasteiger partial charge in [0.1, 0.15) is 0 Å². The Labute approximate surface area is 79.2 Å². The molecule has 13 heavy (non-hydrogen) atoms. The van der Waals surface area contributed by atoms with Crippen LogP contribution in [0.25, 0.3) is 0 Å². The minimum Gasteiger partial charge on any atom is -0.376 e. The summed E-state index contributed by atoms with van der Waals surface area (Å²) in [5.74, 6) is 0. The zero-order valence-corrected chi connectivity index (χ0v) is 8.00. The minimum atomic E-state index is 0.298. The molecule has 0 aliphatic carbocycles. The number of nitrogens with one attached hydrogen (secondary N) is 1. The number of rotatable bonds is 2. The van der Waals surface area contributed by atoms with Crippen LogP contribution >= 0.6 is 0 Å². The highest BCUT2D eigenvalue weighted by Crippen LogP contribution is 2.04. The third-order valence-electron chi connectivity index (χ3n) is 2.56. The van der Waals surface area contributed by atoms with Crippen LogP contribution in [0, 0.1) is 0 Å². The second-order valence-electron chi connectivity index (χ2n) is 3.62. The van der Waals surface area contributed by atoms with E-state index in [1.807, 2.05) is 0 Å². The van der Waals surface area contributed by atoms with E-state index in [0.717, 1.165) is 52.5 Å². The van der Waals surface area contributed by atoms with Crippen molar-refractivity contribution in [2.24, 2.45) is 0 Å². The van der Waals surface area contributed by atoms with Gasteiger partial charge in [-0.25, -0.2) is 0 Å². The fourth-order valence-electron chi connectivity index (χ4n) is 1.82. The summed E-state index contributed by atoms with van der Waals surface area (Å²) in [7, 11) is 0. The van der Waals surface area contributed by atoms with Crippen LogP contribution in [0.2, 0.25) is 0 Å². The smallest absolute Gasteiger partial charge is 0.0936 e. The molecule has 0 aromatic heterocycles. The first-order valence-corrected chi connectivity index (χ1v) is 5.07. The zero-order chi connectivity index (χ0) is 8.93. The Hall–Kier alpha value is -0.160. The van der Waals surface area contributed by atoms with E-state index in [4.69, 9.17) is 9.47 Å². The van der Waals surface area contributed by atoms with Crippen LogP contribution in [0.4, 0.5) is 0 Å². The largest absolute Gasteiger partial charge is 0.376 e. The molecule has 2 fully saturated rings. The van der Waals surface area contributed by atoms with Crippen molar-refractivity contribution in [2.75, 3.05) is 52.5 Å². The Kier molecular flexibility index (Phi) is 3.55. The molecular formula is C9H18N2O2. The van der Waals surface area contributed by atoms with Gasteiger partial charge in [0.2, 0.25) is 0 Å². The quantitative estimate of drug-likeness (QED) is 0.619. The average Bonchev–Trinajstić information content (AvgIpc) is 2.21. The van der Waals surface area contributed by atoms with E-state index in [-0.39, 0.29) is 0 Å². The topological polar surface area (TPSA) is 33.7 Å². The van der Waals surface area contributed by atoms with Crippen molar-refractivity contribution >= 4 is 0 Å². The van der Waals surface area contributed by atoms with Crippen molar-refractivity contribution in [3.05, 3.63) is 0 Å². The van der Waals surface area contributed by atoms with E-state index in [1.165, 1.54) is 0 Å². The molecule has 0 spiro atoms. The van der Waals surface area contributed by atoms with Crippen LogP contribution in [-0.4, -0.2) is 63.5 Å². The zero-order valence-electron chi connectivity index (χ0n) is 8.00. The van der Waals surface area contributed by atoms with Gasteiger partial charge in [0.05, 0.1) is 25.9 Å². The second kappa shape index (κ2) is 4.91. The lowest BCUT2D eigenvalue weighted by atomic mass is 10.3. The predicted octanol–water partition coefficient (Wildman–Crippen LogP) is -0.693. The third-order valence-corrected chi connectivity index (χ3v) is 2.56. The molecule has 0 unspecified atom stereocenters. The standard InChI is InChI=1S/C9H18N2O2/c1-3-11(4-2-10-1)7-9-8-12-5-6-13-9/h9-10H,1-8H2/t9-/m0/s1. The molecule has 0 amide bonds. The predicted molar refractivity (Wildman–Crippen MR) is 49.9 cm³/mol. The summed E-state index contributed by atoms with van der Waals surface area (Å²) in [5.41, 5.74) is 0. The summed E-state index contributed by atoms with van der Waals surface area (Å²) < 4.78 is 10.9. The molecule has 0 aromatic carbocycles. The van der Waals surface area contributed by atoms with E-state index in [1.54, 1.807) is 0 Å². The monoisotopic (exact) mass is 186 g/mol. The molecule has 2 heterocycles. The number of nitrogens with zero attached hydrogens (tertiary/aromatic N) is 1. The van der Waals surface area contributed by atoms with Crippen LogP contribution < -0.4 is 5.32 Å². The summed E-state index contributed by atoms with van der Waals surface area (Å²) in [5, 5.41) is 3.34. The number of ether oxygens (including phenoxy) is 2. The van der Waals surface area contributed by atoms with E-state index >= 15 is 0 Å². The summed E-state index contributed by atoms with van der Waals surface area (Å²) in [6.07, 6.45) is 0.298. The van der Waals surface area contributed by atoms with Gasteiger partial charge in [0.25, 0.3) is 0 Å². The third kappa shape index (κ3) is 2.91. The Morgan fingerprint density at radius 1 is 1.23 bits per heavy atom. The van der Waals surface area contributed by atoms with E-state index in [2.05, 4.69) is 10.2 Å². The first-order chi connectivity index (χ1) is 6.45. The van der Waals surface area contributed by atoms with Crippen LogP contribution in [0.15, 0.2) is 0 Å². The normalized spacial score (nSPS) is 31.8. The minimum absolute atomic E-state index is 0.298. The SMILES string of the molecule is C1CN(C[C@H]2COCCO2)CCN1. The van der Waals surface area contributed by atoms with Crippen molar-refractivity contribution in [3.63, 3.8) is 0 Å². The van der Waals surface area contributed by atoms with Crippen LogP contribution in [-0.2, 0) is 9.47 Å². The van der Waals surface area contributed by atoms with Crippen molar-refractivity contribution in [1.29, 1.82) is 0 Å². The molecule has 4 heteroatoms. The van der Waals surface area contributed by atoms with Gasteiger partial charge < -0.3 is 14.8 Å². The highest BCUT2D eigenvalue weighted by Gasteiger charge is 2.19. The molecule has 0 radical (unpaired) electrons. The van der Waals surface area contributed by atoms with Gasteiger partial charge in [0, 0.05) is 32.7 Å². The lowest BCUT2D eigenvalue weighted by molar-refractivity contribution is -0.0980. The summed E-state index contributed by atoms with van der Waals surface area (Å²) in [6.45, 7) is 7.81. The number of piperazine rings is 1. The van der Waals surface area contributed by atoms with Crippen LogP contribution in [0.1, 0.15) is 0 Å². The highest BCUT2D eigenvalue weighted by molar-refractivity contribution is 4.72. The Balaban J connectivity index is 1.69. The molecule has 0 saturated carbocycles. The molecule has 2 rings (SSSR count). The maximum atomic E-state index is 5.59. The number of hydrogen-bond acceptors (Lipinski definition) is 4. The molecule has 0 aromatic rings. The summed E-state index contributed by atoms with van der Waals surface area (Å²) >= 11 is 0. The molecule has 1 atom stereocenters. The first kappa shape index (κ1) is 9.40. The maximum Gasteiger partial charge on any atom is 0.0936 e. The van der Waals surface area contributed by atoms with Gasteiger partial charge in [-0.2, -0.15) is 0 Å². The molecule has 0 bridgehead atoms. The highest BCUT2D eigenvalue weighted by atomic mass is 16.6. The van der Waals surface area contributed by atoms with E-state index in [9.17, 15) is 0 Å². The van der Waals surface area contributed by atoms with Gasteiger partial charge in [-0.1, -0.05) is 0 Å².